The average Bonchev–Trinajstić information content (AvgIpc) is 2.81. The molecular weight excluding hydrogens is 408 g/mol. The number of anilines is 3. The van der Waals surface area contributed by atoms with E-state index in [1.165, 1.54) is 7.11 Å². The molecule has 0 spiro atoms. The predicted molar refractivity (Wildman–Crippen MR) is 122 cm³/mol. The number of benzene rings is 3. The van der Waals surface area contributed by atoms with Crippen LogP contribution in [0.1, 0.15) is 10.5 Å². The molecule has 1 amide bonds. The summed E-state index contributed by atoms with van der Waals surface area (Å²) in [4.78, 5) is 25.1. The zero-order chi connectivity index (χ0) is 22.5. The Morgan fingerprint density at radius 1 is 0.906 bits per heavy atom. The lowest BCUT2D eigenvalue weighted by molar-refractivity contribution is 0.101. The average molecular weight is 428 g/mol. The van der Waals surface area contributed by atoms with Gasteiger partial charge in [-0.05, 0) is 48.5 Å². The second-order valence-electron chi connectivity index (χ2n) is 6.82. The number of rotatable bonds is 6. The molecule has 0 aliphatic rings. The summed E-state index contributed by atoms with van der Waals surface area (Å²) in [6.45, 7) is 0. The summed E-state index contributed by atoms with van der Waals surface area (Å²) in [6, 6.07) is 24.5. The number of nitrogens with zero attached hydrogens (tertiary/aromatic N) is 2. The molecule has 1 heterocycles. The highest BCUT2D eigenvalue weighted by Crippen LogP contribution is 2.23. The lowest BCUT2D eigenvalue weighted by Gasteiger charge is -2.12. The van der Waals surface area contributed by atoms with Crippen molar-refractivity contribution >= 4 is 23.0 Å². The van der Waals surface area contributed by atoms with Crippen LogP contribution in [-0.4, -0.2) is 27.9 Å². The van der Waals surface area contributed by atoms with Gasteiger partial charge in [0.25, 0.3) is 11.5 Å². The van der Waals surface area contributed by atoms with Crippen molar-refractivity contribution in [2.45, 2.75) is 0 Å². The van der Waals surface area contributed by atoms with Crippen molar-refractivity contribution < 1.29 is 14.6 Å². The van der Waals surface area contributed by atoms with E-state index in [1.54, 1.807) is 36.4 Å². The Morgan fingerprint density at radius 2 is 1.53 bits per heavy atom. The Bertz CT molecular complexity index is 1300. The maximum atomic E-state index is 12.8. The van der Waals surface area contributed by atoms with Gasteiger partial charge >= 0.3 is 0 Å². The lowest BCUT2D eigenvalue weighted by atomic mass is 10.2. The summed E-state index contributed by atoms with van der Waals surface area (Å²) >= 11 is 0. The van der Waals surface area contributed by atoms with Gasteiger partial charge in [0.15, 0.2) is 11.4 Å². The number of para-hydroxylation sites is 3. The van der Waals surface area contributed by atoms with E-state index in [-0.39, 0.29) is 5.69 Å². The summed E-state index contributed by atoms with van der Waals surface area (Å²) in [5.41, 5.74) is 1.76. The van der Waals surface area contributed by atoms with E-state index in [4.69, 9.17) is 4.74 Å². The van der Waals surface area contributed by atoms with Crippen molar-refractivity contribution in [3.05, 3.63) is 101 Å². The lowest BCUT2D eigenvalue weighted by Crippen LogP contribution is -2.25. The molecule has 4 rings (SSSR count). The largest absolute Gasteiger partial charge is 0.505 e. The molecule has 0 radical (unpaired) electrons. The Morgan fingerprint density at radius 3 is 2.25 bits per heavy atom. The highest BCUT2D eigenvalue weighted by Gasteiger charge is 2.18. The smallest absolute Gasteiger partial charge is 0.279 e. The van der Waals surface area contributed by atoms with Crippen molar-refractivity contribution in [2.75, 3.05) is 17.7 Å². The van der Waals surface area contributed by atoms with Crippen LogP contribution >= 0.6 is 0 Å². The van der Waals surface area contributed by atoms with E-state index in [0.717, 1.165) is 22.1 Å². The van der Waals surface area contributed by atoms with Crippen LogP contribution in [0.25, 0.3) is 5.69 Å². The van der Waals surface area contributed by atoms with Gasteiger partial charge in [0, 0.05) is 23.1 Å². The first-order chi connectivity index (χ1) is 15.5. The van der Waals surface area contributed by atoms with Crippen LogP contribution in [0, 0.1) is 0 Å². The quantitative estimate of drug-likeness (QED) is 0.430. The summed E-state index contributed by atoms with van der Waals surface area (Å²) in [5.74, 6) is -0.767. The Kier molecular flexibility index (Phi) is 5.85. The van der Waals surface area contributed by atoms with Gasteiger partial charge in [-0.1, -0.05) is 30.3 Å². The molecule has 0 aliphatic heterocycles. The van der Waals surface area contributed by atoms with E-state index >= 15 is 0 Å². The molecule has 3 aromatic carbocycles. The number of aromatic hydroxyl groups is 1. The van der Waals surface area contributed by atoms with Gasteiger partial charge in [0.2, 0.25) is 0 Å². The molecule has 0 atom stereocenters. The molecule has 8 nitrogen and oxygen atoms in total. The maximum absolute atomic E-state index is 12.8. The molecule has 0 fully saturated rings. The summed E-state index contributed by atoms with van der Waals surface area (Å²) in [7, 11) is 1.47. The highest BCUT2D eigenvalue weighted by atomic mass is 16.5. The molecule has 0 unspecified atom stereocenters. The van der Waals surface area contributed by atoms with Crippen molar-refractivity contribution in [3.8, 4) is 17.2 Å². The van der Waals surface area contributed by atoms with Crippen LogP contribution in [0.15, 0.2) is 89.7 Å². The number of hydrogen-bond acceptors (Lipinski definition) is 6. The molecule has 3 N–H and O–H groups in total. The van der Waals surface area contributed by atoms with Crippen molar-refractivity contribution in [3.63, 3.8) is 0 Å². The number of hydrogen-bond donors (Lipinski definition) is 3. The first kappa shape index (κ1) is 20.7. The SMILES string of the molecule is COc1ccccc1-n1nc(C(=O)Nc2ccc(Nc3ccccc3)cc2)c(O)cc1=O. The van der Waals surface area contributed by atoms with Crippen LogP contribution in [0.3, 0.4) is 0 Å². The summed E-state index contributed by atoms with van der Waals surface area (Å²) < 4.78 is 6.28. The fourth-order valence-corrected chi connectivity index (χ4v) is 3.10. The predicted octanol–water partition coefficient (Wildman–Crippen LogP) is 3.94. The van der Waals surface area contributed by atoms with E-state index < -0.39 is 17.2 Å². The monoisotopic (exact) mass is 428 g/mol. The number of amides is 1. The molecular formula is C24H20N4O4. The highest BCUT2D eigenvalue weighted by molar-refractivity contribution is 6.04. The maximum Gasteiger partial charge on any atom is 0.279 e. The molecule has 0 saturated heterocycles. The minimum atomic E-state index is -0.657. The number of aromatic nitrogens is 2. The van der Waals surface area contributed by atoms with Crippen LogP contribution < -0.4 is 20.9 Å². The normalized spacial score (nSPS) is 10.4. The molecule has 4 aromatic rings. The number of nitrogens with one attached hydrogen (secondary N) is 2. The van der Waals surface area contributed by atoms with Crippen molar-refractivity contribution in [2.24, 2.45) is 0 Å². The topological polar surface area (TPSA) is 105 Å². The fourth-order valence-electron chi connectivity index (χ4n) is 3.10. The third-order valence-electron chi connectivity index (χ3n) is 4.65. The third kappa shape index (κ3) is 4.44. The second kappa shape index (κ2) is 9.05. The van der Waals surface area contributed by atoms with Crippen LogP contribution in [0.2, 0.25) is 0 Å². The van der Waals surface area contributed by atoms with Gasteiger partial charge < -0.3 is 20.5 Å². The van der Waals surface area contributed by atoms with Gasteiger partial charge in [-0.2, -0.15) is 9.78 Å². The van der Waals surface area contributed by atoms with Crippen LogP contribution in [-0.2, 0) is 0 Å². The molecule has 32 heavy (non-hydrogen) atoms. The molecule has 8 heteroatoms. The van der Waals surface area contributed by atoms with E-state index in [1.807, 2.05) is 42.5 Å². The third-order valence-corrected chi connectivity index (χ3v) is 4.65. The van der Waals surface area contributed by atoms with E-state index in [0.29, 0.717) is 17.1 Å². The zero-order valence-corrected chi connectivity index (χ0v) is 17.1. The van der Waals surface area contributed by atoms with E-state index in [2.05, 4.69) is 15.7 Å². The number of carbonyl (C=O) groups is 1. The van der Waals surface area contributed by atoms with E-state index in [9.17, 15) is 14.7 Å². The Hall–Kier alpha value is -4.59. The standard InChI is InChI=1S/C24H20N4O4/c1-32-21-10-6-5-9-19(21)28-22(30)15-20(29)23(27-28)24(31)26-18-13-11-17(12-14-18)25-16-7-3-2-4-8-16/h2-15,25,29H,1H3,(H,26,31). The van der Waals surface area contributed by atoms with Crippen molar-refractivity contribution in [1.82, 2.24) is 9.78 Å². The summed E-state index contributed by atoms with van der Waals surface area (Å²) in [5, 5.41) is 20.2. The van der Waals surface area contributed by atoms with Gasteiger partial charge in [-0.25, -0.2) is 0 Å². The van der Waals surface area contributed by atoms with Crippen LogP contribution in [0.4, 0.5) is 17.1 Å². The molecule has 160 valence electrons. The molecule has 0 bridgehead atoms. The zero-order valence-electron chi connectivity index (χ0n) is 17.1. The fraction of sp³-hybridized carbons (Fsp3) is 0.0417. The Labute approximate surface area is 183 Å². The number of ether oxygens (including phenoxy) is 1. The minimum Gasteiger partial charge on any atom is -0.505 e. The first-order valence-electron chi connectivity index (χ1n) is 9.75. The van der Waals surface area contributed by atoms with Crippen LogP contribution in [0.5, 0.6) is 11.5 Å². The van der Waals surface area contributed by atoms with Gasteiger partial charge in [-0.15, -0.1) is 0 Å². The summed E-state index contributed by atoms with van der Waals surface area (Å²) in [6.07, 6.45) is 0. The minimum absolute atomic E-state index is 0.290. The first-order valence-corrected chi connectivity index (χ1v) is 9.75. The van der Waals surface area contributed by atoms with Crippen molar-refractivity contribution in [1.29, 1.82) is 0 Å². The molecule has 0 aliphatic carbocycles. The van der Waals surface area contributed by atoms with Gasteiger partial charge in [0.05, 0.1) is 7.11 Å². The second-order valence-corrected chi connectivity index (χ2v) is 6.82. The molecule has 1 aromatic heterocycles. The Balaban J connectivity index is 1.56. The van der Waals surface area contributed by atoms with Gasteiger partial charge in [-0.3, -0.25) is 9.59 Å². The number of methoxy groups -OCH3 is 1. The number of carbonyl (C=O) groups excluding carboxylic acids is 1. The van der Waals surface area contributed by atoms with Gasteiger partial charge in [0.1, 0.15) is 11.4 Å². The molecule has 0 saturated carbocycles.